The largest absolute Gasteiger partial charge is 0.393 e. The van der Waals surface area contributed by atoms with Crippen LogP contribution in [-0.4, -0.2) is 11.2 Å². The van der Waals surface area contributed by atoms with Crippen LogP contribution in [0.4, 0.5) is 0 Å². The maximum Gasteiger partial charge on any atom is 0.0577 e. The van der Waals surface area contributed by atoms with Crippen LogP contribution < -0.4 is 0 Å². The summed E-state index contributed by atoms with van der Waals surface area (Å²) in [7, 11) is 0. The summed E-state index contributed by atoms with van der Waals surface area (Å²) in [4.78, 5) is 0. The maximum atomic E-state index is 10.2. The Morgan fingerprint density at radius 2 is 1.83 bits per heavy atom. The van der Waals surface area contributed by atoms with Crippen molar-refractivity contribution in [2.24, 2.45) is 52.3 Å². The smallest absolute Gasteiger partial charge is 0.0577 e. The molecule has 9 atom stereocenters. The Balaban J connectivity index is 1.48. The van der Waals surface area contributed by atoms with Crippen LogP contribution in [0.15, 0.2) is 24.3 Å². The topological polar surface area (TPSA) is 20.2 Å². The molecule has 0 aliphatic heterocycles. The summed E-state index contributed by atoms with van der Waals surface area (Å²) in [6.45, 7) is 16.6. The number of hydrogen-bond donors (Lipinski definition) is 1. The van der Waals surface area contributed by atoms with Gasteiger partial charge in [-0.2, -0.15) is 0 Å². The van der Waals surface area contributed by atoms with Gasteiger partial charge in [-0.3, -0.25) is 0 Å². The molecule has 3 fully saturated rings. The van der Waals surface area contributed by atoms with Crippen molar-refractivity contribution in [1.29, 1.82) is 0 Å². The van der Waals surface area contributed by atoms with Crippen LogP contribution in [0.25, 0.3) is 0 Å². The van der Waals surface area contributed by atoms with Crippen LogP contribution in [0.3, 0.4) is 0 Å². The number of hydrogen-bond acceptors (Lipinski definition) is 1. The first-order valence-electron chi connectivity index (χ1n) is 13.2. The van der Waals surface area contributed by atoms with Crippen molar-refractivity contribution in [3.63, 3.8) is 0 Å². The monoisotopic (exact) mass is 412 g/mol. The van der Waals surface area contributed by atoms with Gasteiger partial charge in [-0.05, 0) is 116 Å². The predicted molar refractivity (Wildman–Crippen MR) is 128 cm³/mol. The van der Waals surface area contributed by atoms with Gasteiger partial charge in [0.05, 0.1) is 6.10 Å². The van der Waals surface area contributed by atoms with E-state index < -0.39 is 0 Å². The summed E-state index contributed by atoms with van der Waals surface area (Å²) >= 11 is 0. The molecule has 4 aliphatic rings. The molecule has 0 heterocycles. The maximum absolute atomic E-state index is 10.2. The first-order valence-corrected chi connectivity index (χ1v) is 13.2. The van der Waals surface area contributed by atoms with E-state index in [-0.39, 0.29) is 6.10 Å². The van der Waals surface area contributed by atoms with E-state index >= 15 is 0 Å². The summed E-state index contributed by atoms with van der Waals surface area (Å²) < 4.78 is 0. The van der Waals surface area contributed by atoms with E-state index in [4.69, 9.17) is 0 Å². The first-order chi connectivity index (χ1) is 14.2. The molecule has 30 heavy (non-hydrogen) atoms. The lowest BCUT2D eigenvalue weighted by Gasteiger charge is -2.58. The molecule has 0 aromatic heterocycles. The lowest BCUT2D eigenvalue weighted by molar-refractivity contribution is -0.0574. The van der Waals surface area contributed by atoms with Gasteiger partial charge in [0.1, 0.15) is 0 Å². The molecule has 0 bridgehead atoms. The lowest BCUT2D eigenvalue weighted by atomic mass is 9.47. The molecule has 3 saturated carbocycles. The molecule has 1 heteroatoms. The van der Waals surface area contributed by atoms with Gasteiger partial charge in [-0.1, -0.05) is 52.3 Å². The fourth-order valence-electron chi connectivity index (χ4n) is 9.00. The Kier molecular flexibility index (Phi) is 6.35. The van der Waals surface area contributed by atoms with Crippen molar-refractivity contribution < 1.29 is 5.11 Å². The van der Waals surface area contributed by atoms with Crippen LogP contribution in [0, 0.1) is 52.3 Å². The van der Waals surface area contributed by atoms with Crippen LogP contribution in [0.5, 0.6) is 0 Å². The van der Waals surface area contributed by atoms with Crippen LogP contribution >= 0.6 is 0 Å². The minimum atomic E-state index is -0.0864. The minimum absolute atomic E-state index is 0.0864. The zero-order chi connectivity index (χ0) is 21.7. The van der Waals surface area contributed by atoms with Crippen molar-refractivity contribution in [1.82, 2.24) is 0 Å². The second-order valence-electron chi connectivity index (χ2n) is 12.6. The fraction of sp³-hybridized carbons (Fsp3) is 0.862. The van der Waals surface area contributed by atoms with E-state index in [2.05, 4.69) is 53.3 Å². The van der Waals surface area contributed by atoms with Gasteiger partial charge in [0.25, 0.3) is 0 Å². The lowest BCUT2D eigenvalue weighted by Crippen LogP contribution is -2.50. The van der Waals surface area contributed by atoms with Crippen molar-refractivity contribution in [2.75, 3.05) is 0 Å². The Morgan fingerprint density at radius 1 is 1.07 bits per heavy atom. The van der Waals surface area contributed by atoms with Gasteiger partial charge in [-0.15, -0.1) is 6.58 Å². The summed E-state index contributed by atoms with van der Waals surface area (Å²) in [6, 6.07) is 0. The van der Waals surface area contributed by atoms with Crippen molar-refractivity contribution in [2.45, 2.75) is 105 Å². The fourth-order valence-corrected chi connectivity index (χ4v) is 9.00. The third-order valence-electron chi connectivity index (χ3n) is 11.0. The van der Waals surface area contributed by atoms with Gasteiger partial charge < -0.3 is 5.11 Å². The zero-order valence-corrected chi connectivity index (χ0v) is 20.5. The van der Waals surface area contributed by atoms with Crippen molar-refractivity contribution >= 4 is 0 Å². The molecule has 0 saturated heterocycles. The molecule has 0 spiro atoms. The molecule has 4 rings (SSSR count). The predicted octanol–water partition coefficient (Wildman–Crippen LogP) is 7.80. The molecule has 0 radical (unpaired) electrons. The number of aliphatic hydroxyl groups is 1. The van der Waals surface area contributed by atoms with Crippen LogP contribution in [0.2, 0.25) is 0 Å². The Hall–Kier alpha value is -0.560. The number of allylic oxidation sites excluding steroid dienone is 2. The third-order valence-corrected chi connectivity index (χ3v) is 11.0. The Labute approximate surface area is 186 Å². The van der Waals surface area contributed by atoms with Crippen molar-refractivity contribution in [3.8, 4) is 0 Å². The van der Waals surface area contributed by atoms with Crippen LogP contribution in [-0.2, 0) is 0 Å². The van der Waals surface area contributed by atoms with Gasteiger partial charge in [0, 0.05) is 0 Å². The second kappa shape index (κ2) is 8.42. The van der Waals surface area contributed by atoms with Gasteiger partial charge in [0.2, 0.25) is 0 Å². The van der Waals surface area contributed by atoms with Gasteiger partial charge >= 0.3 is 0 Å². The molecule has 4 aliphatic carbocycles. The number of rotatable bonds is 6. The third kappa shape index (κ3) is 3.66. The first kappa shape index (κ1) is 22.6. The molecule has 0 aromatic rings. The average molecular weight is 413 g/mol. The van der Waals surface area contributed by atoms with Gasteiger partial charge in [-0.25, -0.2) is 0 Å². The van der Waals surface area contributed by atoms with Crippen molar-refractivity contribution in [3.05, 3.63) is 24.3 Å². The highest BCUT2D eigenvalue weighted by Crippen LogP contribution is 2.67. The highest BCUT2D eigenvalue weighted by atomic mass is 16.3. The van der Waals surface area contributed by atoms with E-state index in [1.807, 2.05) is 0 Å². The standard InChI is InChI=1S/C29H48O/c1-7-21(19(2)3)9-8-20(4)25-12-13-26-24-11-10-22-18-23(30)14-16-28(22,5)27(24)15-17-29(25,26)6/h7,10,19-21,23-27,30H,1,8-9,11-18H2,2-6H3/t20-,21-,23+,24+,25-,26+,27+,28+,29-/m1/s1. The molecule has 1 nitrogen and oxygen atoms in total. The minimum Gasteiger partial charge on any atom is -0.393 e. The molecule has 170 valence electrons. The van der Waals surface area contributed by atoms with E-state index in [0.717, 1.165) is 48.3 Å². The van der Waals surface area contributed by atoms with Gasteiger partial charge in [0.15, 0.2) is 0 Å². The number of fused-ring (bicyclic) bond motifs is 5. The van der Waals surface area contributed by atoms with E-state index in [0.29, 0.717) is 16.7 Å². The summed E-state index contributed by atoms with van der Waals surface area (Å²) in [6.07, 6.45) is 17.6. The molecule has 0 aromatic carbocycles. The van der Waals surface area contributed by atoms with Crippen LogP contribution in [0.1, 0.15) is 98.8 Å². The SMILES string of the molecule is C=C[C@H](CC[C@@H](C)[C@H]1CC[C@H]2[C@@H]3CC=C4C[C@@H](O)CC[C@]4(C)[C@H]3CC[C@]12C)C(C)C. The van der Waals surface area contributed by atoms with E-state index in [1.165, 1.54) is 51.4 Å². The average Bonchev–Trinajstić information content (AvgIpc) is 3.06. The normalized spacial score (nSPS) is 45.2. The molecule has 0 amide bonds. The quantitative estimate of drug-likeness (QED) is 0.441. The van der Waals surface area contributed by atoms with E-state index in [9.17, 15) is 5.11 Å². The number of aliphatic hydroxyl groups excluding tert-OH is 1. The summed E-state index contributed by atoms with van der Waals surface area (Å²) in [5.41, 5.74) is 2.54. The van der Waals surface area contributed by atoms with E-state index in [1.54, 1.807) is 5.57 Å². The molecular weight excluding hydrogens is 364 g/mol. The Morgan fingerprint density at radius 3 is 2.53 bits per heavy atom. The molecular formula is C29H48O. The summed E-state index contributed by atoms with van der Waals surface area (Å²) in [5.74, 6) is 5.82. The second-order valence-corrected chi connectivity index (χ2v) is 12.6. The summed E-state index contributed by atoms with van der Waals surface area (Å²) in [5, 5.41) is 10.2. The molecule has 0 unspecified atom stereocenters. The highest BCUT2D eigenvalue weighted by Gasteiger charge is 2.59. The zero-order valence-electron chi connectivity index (χ0n) is 20.5. The molecule has 1 N–H and O–H groups in total. The Bertz CT molecular complexity index is 661. The highest BCUT2D eigenvalue weighted by molar-refractivity contribution is 5.25.